The van der Waals surface area contributed by atoms with Crippen LogP contribution in [-0.4, -0.2) is 24.0 Å². The Hall–Kier alpha value is -2.24. The molecule has 0 aromatic heterocycles. The van der Waals surface area contributed by atoms with E-state index in [-0.39, 0.29) is 12.3 Å². The second kappa shape index (κ2) is 8.19. The molecule has 3 rings (SSSR count). The lowest BCUT2D eigenvalue weighted by Crippen LogP contribution is -2.58. The minimum Gasteiger partial charge on any atom is -0.494 e. The van der Waals surface area contributed by atoms with Gasteiger partial charge in [-0.15, -0.1) is 0 Å². The van der Waals surface area contributed by atoms with Gasteiger partial charge in [-0.05, 0) is 29.7 Å². The summed E-state index contributed by atoms with van der Waals surface area (Å²) in [4.78, 5) is 24.4. The second-order valence-electron chi connectivity index (χ2n) is 6.64. The van der Waals surface area contributed by atoms with Crippen molar-refractivity contribution in [1.29, 1.82) is 0 Å². The molecule has 142 valence electrons. The maximum absolute atomic E-state index is 12.4. The van der Waals surface area contributed by atoms with Crippen LogP contribution in [0.5, 0.6) is 5.75 Å². The van der Waals surface area contributed by atoms with Gasteiger partial charge in [0.1, 0.15) is 11.3 Å². The van der Waals surface area contributed by atoms with E-state index in [4.69, 9.17) is 33.7 Å². The van der Waals surface area contributed by atoms with Crippen LogP contribution in [0.15, 0.2) is 42.5 Å². The Balaban J connectivity index is 1.51. The minimum atomic E-state index is -1.05. The Morgan fingerprint density at radius 1 is 1.07 bits per heavy atom. The van der Waals surface area contributed by atoms with Gasteiger partial charge in [-0.3, -0.25) is 9.59 Å². The van der Waals surface area contributed by atoms with Crippen molar-refractivity contribution in [3.05, 3.63) is 63.6 Å². The highest BCUT2D eigenvalue weighted by Crippen LogP contribution is 2.30. The molecule has 7 heteroatoms. The molecular formula is C20H20Cl2N2O3. The fourth-order valence-corrected chi connectivity index (χ4v) is 3.55. The summed E-state index contributed by atoms with van der Waals surface area (Å²) in [5, 5.41) is 3.72. The summed E-state index contributed by atoms with van der Waals surface area (Å²) >= 11 is 11.8. The maximum atomic E-state index is 12.4. The summed E-state index contributed by atoms with van der Waals surface area (Å²) in [6.07, 6.45) is 1.56. The summed E-state index contributed by atoms with van der Waals surface area (Å²) in [7, 11) is 0. The Kier molecular flexibility index (Phi) is 5.92. The average molecular weight is 407 g/mol. The molecule has 0 unspecified atom stereocenters. The van der Waals surface area contributed by atoms with Crippen molar-refractivity contribution in [2.24, 2.45) is 5.73 Å². The van der Waals surface area contributed by atoms with Crippen LogP contribution in [-0.2, 0) is 22.4 Å². The van der Waals surface area contributed by atoms with Crippen LogP contribution in [0.4, 0.5) is 0 Å². The number of primary amides is 1. The lowest BCUT2D eigenvalue weighted by atomic mass is 9.94. The number of nitrogens with two attached hydrogens (primary N) is 1. The van der Waals surface area contributed by atoms with Crippen LogP contribution in [0.25, 0.3) is 0 Å². The molecular weight excluding hydrogens is 387 g/mol. The van der Waals surface area contributed by atoms with Gasteiger partial charge in [-0.25, -0.2) is 0 Å². The number of hydrogen-bond acceptors (Lipinski definition) is 3. The van der Waals surface area contributed by atoms with Crippen LogP contribution < -0.4 is 15.8 Å². The van der Waals surface area contributed by atoms with Crippen LogP contribution in [0.1, 0.15) is 24.0 Å². The predicted molar refractivity (Wildman–Crippen MR) is 105 cm³/mol. The van der Waals surface area contributed by atoms with Gasteiger partial charge in [0.2, 0.25) is 11.8 Å². The first-order chi connectivity index (χ1) is 12.9. The Labute approximate surface area is 167 Å². The van der Waals surface area contributed by atoms with Gasteiger partial charge in [-0.1, -0.05) is 47.5 Å². The van der Waals surface area contributed by atoms with Crippen molar-refractivity contribution in [2.75, 3.05) is 6.61 Å². The standard InChI is InChI=1S/C20H20Cl2N2O3/c21-16-8-7-15(10-17(16)22)27-9-3-6-18(25)24-20(19(23)26)11-13-4-1-2-5-14(13)12-20/h1-2,4-5,7-8,10H,3,6,9,11-12H2,(H2,23,26)(H,24,25). The molecule has 1 aliphatic rings. The Morgan fingerprint density at radius 2 is 1.74 bits per heavy atom. The molecule has 0 atom stereocenters. The molecule has 0 saturated heterocycles. The SMILES string of the molecule is NC(=O)C1(NC(=O)CCCOc2ccc(Cl)c(Cl)c2)Cc2ccccc2C1. The van der Waals surface area contributed by atoms with Gasteiger partial charge in [0.25, 0.3) is 0 Å². The normalized spacial score (nSPS) is 14.4. The number of rotatable bonds is 7. The average Bonchev–Trinajstić information content (AvgIpc) is 3.01. The molecule has 1 aliphatic carbocycles. The number of halogens is 2. The van der Waals surface area contributed by atoms with Crippen molar-refractivity contribution in [3.63, 3.8) is 0 Å². The number of hydrogen-bond donors (Lipinski definition) is 2. The second-order valence-corrected chi connectivity index (χ2v) is 7.46. The third-order valence-corrected chi connectivity index (χ3v) is 5.40. The van der Waals surface area contributed by atoms with E-state index in [1.54, 1.807) is 18.2 Å². The number of nitrogens with one attached hydrogen (secondary N) is 1. The van der Waals surface area contributed by atoms with Crippen LogP contribution in [0, 0.1) is 0 Å². The monoisotopic (exact) mass is 406 g/mol. The highest BCUT2D eigenvalue weighted by Gasteiger charge is 2.43. The molecule has 27 heavy (non-hydrogen) atoms. The number of amides is 2. The van der Waals surface area contributed by atoms with Gasteiger partial charge in [-0.2, -0.15) is 0 Å². The minimum absolute atomic E-state index is 0.223. The van der Waals surface area contributed by atoms with Gasteiger partial charge in [0, 0.05) is 25.3 Å². The van der Waals surface area contributed by atoms with Crippen LogP contribution in [0.3, 0.4) is 0 Å². The highest BCUT2D eigenvalue weighted by molar-refractivity contribution is 6.42. The zero-order valence-electron chi connectivity index (χ0n) is 14.6. The van der Waals surface area contributed by atoms with Crippen molar-refractivity contribution < 1.29 is 14.3 Å². The van der Waals surface area contributed by atoms with E-state index in [1.807, 2.05) is 24.3 Å². The molecule has 2 aromatic rings. The van der Waals surface area contributed by atoms with E-state index in [0.717, 1.165) is 11.1 Å². The van der Waals surface area contributed by atoms with E-state index in [9.17, 15) is 9.59 Å². The Bertz CT molecular complexity index is 845. The number of carbonyl (C=O) groups is 2. The first-order valence-corrected chi connectivity index (χ1v) is 9.41. The molecule has 2 aromatic carbocycles. The fourth-order valence-electron chi connectivity index (χ4n) is 3.26. The van der Waals surface area contributed by atoms with E-state index >= 15 is 0 Å². The van der Waals surface area contributed by atoms with Gasteiger partial charge in [0.15, 0.2) is 0 Å². The van der Waals surface area contributed by atoms with Gasteiger partial charge < -0.3 is 15.8 Å². The largest absolute Gasteiger partial charge is 0.494 e. The third-order valence-electron chi connectivity index (χ3n) is 4.66. The zero-order chi connectivity index (χ0) is 19.4. The predicted octanol–water partition coefficient (Wildman–Crippen LogP) is 3.29. The van der Waals surface area contributed by atoms with Gasteiger partial charge >= 0.3 is 0 Å². The third kappa shape index (κ3) is 4.54. The molecule has 0 heterocycles. The van der Waals surface area contributed by atoms with Crippen molar-refractivity contribution in [3.8, 4) is 5.75 Å². The summed E-state index contributed by atoms with van der Waals surface area (Å²) in [6.45, 7) is 0.342. The summed E-state index contributed by atoms with van der Waals surface area (Å²) in [5.41, 5.74) is 6.65. The van der Waals surface area contributed by atoms with E-state index in [2.05, 4.69) is 5.32 Å². The van der Waals surface area contributed by atoms with Crippen LogP contribution in [0.2, 0.25) is 10.0 Å². The number of carbonyl (C=O) groups excluding carboxylic acids is 2. The number of ether oxygens (including phenoxy) is 1. The Morgan fingerprint density at radius 3 is 2.33 bits per heavy atom. The smallest absolute Gasteiger partial charge is 0.243 e. The van der Waals surface area contributed by atoms with Crippen LogP contribution >= 0.6 is 23.2 Å². The lowest BCUT2D eigenvalue weighted by Gasteiger charge is -2.26. The highest BCUT2D eigenvalue weighted by atomic mass is 35.5. The summed E-state index contributed by atoms with van der Waals surface area (Å²) in [6, 6.07) is 12.7. The molecule has 3 N–H and O–H groups in total. The summed E-state index contributed by atoms with van der Waals surface area (Å²) in [5.74, 6) is -0.150. The number of fused-ring (bicyclic) bond motifs is 1. The van der Waals surface area contributed by atoms with E-state index in [0.29, 0.717) is 41.7 Å². The maximum Gasteiger partial charge on any atom is 0.243 e. The molecule has 0 radical (unpaired) electrons. The topological polar surface area (TPSA) is 81.4 Å². The molecule has 0 aliphatic heterocycles. The molecule has 0 saturated carbocycles. The van der Waals surface area contributed by atoms with E-state index in [1.165, 1.54) is 0 Å². The zero-order valence-corrected chi connectivity index (χ0v) is 16.1. The fraction of sp³-hybridized carbons (Fsp3) is 0.300. The molecule has 0 bridgehead atoms. The van der Waals surface area contributed by atoms with Crippen molar-refractivity contribution in [1.82, 2.24) is 5.32 Å². The van der Waals surface area contributed by atoms with Gasteiger partial charge in [0.05, 0.1) is 16.7 Å². The molecule has 0 fully saturated rings. The van der Waals surface area contributed by atoms with Crippen molar-refractivity contribution >= 4 is 35.0 Å². The first kappa shape index (κ1) is 19.5. The summed E-state index contributed by atoms with van der Waals surface area (Å²) < 4.78 is 5.57. The number of benzene rings is 2. The molecule has 2 amide bonds. The quantitative estimate of drug-likeness (QED) is 0.692. The molecule has 0 spiro atoms. The lowest BCUT2D eigenvalue weighted by molar-refractivity contribution is -0.131. The molecule has 5 nitrogen and oxygen atoms in total. The first-order valence-electron chi connectivity index (χ1n) is 8.65. The van der Waals surface area contributed by atoms with E-state index < -0.39 is 11.4 Å². The van der Waals surface area contributed by atoms with Crippen molar-refractivity contribution in [2.45, 2.75) is 31.2 Å².